The number of rotatable bonds is 3. The Bertz CT molecular complexity index is 435. The lowest BCUT2D eigenvalue weighted by atomic mass is 9.98. The van der Waals surface area contributed by atoms with Crippen molar-refractivity contribution in [3.8, 4) is 0 Å². The molecule has 3 nitrogen and oxygen atoms in total. The van der Waals surface area contributed by atoms with Gasteiger partial charge in [-0.15, -0.1) is 0 Å². The first-order valence-electron chi connectivity index (χ1n) is 5.09. The van der Waals surface area contributed by atoms with Crippen LogP contribution in [-0.2, 0) is 17.4 Å². The molecule has 0 unspecified atom stereocenters. The number of hydrogen-bond acceptors (Lipinski definition) is 2. The van der Waals surface area contributed by atoms with Gasteiger partial charge in [-0.05, 0) is 30.9 Å². The number of carboxylic acid groups (broad SMARTS) is 1. The van der Waals surface area contributed by atoms with Crippen molar-refractivity contribution in [2.24, 2.45) is 5.41 Å². The first-order chi connectivity index (χ1) is 7.83. The maximum atomic E-state index is 12.2. The Morgan fingerprint density at radius 1 is 1.41 bits per heavy atom. The van der Waals surface area contributed by atoms with Crippen LogP contribution < -0.4 is 0 Å². The van der Waals surface area contributed by atoms with Gasteiger partial charge in [0.15, 0.2) is 0 Å². The summed E-state index contributed by atoms with van der Waals surface area (Å²) in [6, 6.07) is 2.17. The van der Waals surface area contributed by atoms with Gasteiger partial charge in [0.1, 0.15) is 5.69 Å². The van der Waals surface area contributed by atoms with Crippen LogP contribution in [0.1, 0.15) is 24.1 Å². The number of aromatic nitrogens is 1. The van der Waals surface area contributed by atoms with Crippen LogP contribution in [0.5, 0.6) is 0 Å². The van der Waals surface area contributed by atoms with Gasteiger partial charge in [-0.3, -0.25) is 9.78 Å². The van der Waals surface area contributed by atoms with E-state index in [0.29, 0.717) is 18.4 Å². The average Bonchev–Trinajstić information content (AvgIpc) is 2.98. The van der Waals surface area contributed by atoms with E-state index in [4.69, 9.17) is 5.11 Å². The largest absolute Gasteiger partial charge is 0.481 e. The Morgan fingerprint density at radius 2 is 2.06 bits per heavy atom. The second-order valence-corrected chi connectivity index (χ2v) is 4.31. The minimum atomic E-state index is -4.46. The predicted octanol–water partition coefficient (Wildman–Crippen LogP) is 2.51. The number of carboxylic acids is 1. The highest BCUT2D eigenvalue weighted by atomic mass is 19.4. The molecule has 1 saturated carbocycles. The summed E-state index contributed by atoms with van der Waals surface area (Å²) >= 11 is 0. The molecule has 17 heavy (non-hydrogen) atoms. The molecule has 0 bridgehead atoms. The Morgan fingerprint density at radius 3 is 2.41 bits per heavy atom. The van der Waals surface area contributed by atoms with Crippen LogP contribution in [0.15, 0.2) is 18.3 Å². The van der Waals surface area contributed by atoms with Gasteiger partial charge >= 0.3 is 12.1 Å². The summed E-state index contributed by atoms with van der Waals surface area (Å²) in [5.41, 5.74) is -1.21. The molecule has 0 aliphatic heterocycles. The van der Waals surface area contributed by atoms with E-state index in [1.54, 1.807) is 0 Å². The minimum absolute atomic E-state index is 0.244. The predicted molar refractivity (Wildman–Crippen MR) is 52.2 cm³/mol. The topological polar surface area (TPSA) is 50.2 Å². The van der Waals surface area contributed by atoms with Crippen molar-refractivity contribution < 1.29 is 23.1 Å². The SMILES string of the molecule is O=C(O)C1(Cc2ccc(C(F)(F)F)nc2)CC1. The first-order valence-corrected chi connectivity index (χ1v) is 5.09. The third kappa shape index (κ3) is 2.40. The van der Waals surface area contributed by atoms with Crippen LogP contribution >= 0.6 is 0 Å². The highest BCUT2D eigenvalue weighted by molar-refractivity contribution is 5.78. The lowest BCUT2D eigenvalue weighted by molar-refractivity contribution is -0.143. The third-order valence-electron chi connectivity index (χ3n) is 2.96. The molecule has 0 radical (unpaired) electrons. The van der Waals surface area contributed by atoms with Crippen molar-refractivity contribution in [2.75, 3.05) is 0 Å². The Hall–Kier alpha value is -1.59. The Kier molecular flexibility index (Phi) is 2.60. The molecule has 0 aromatic carbocycles. The molecule has 1 aromatic heterocycles. The summed E-state index contributed by atoms with van der Waals surface area (Å²) in [4.78, 5) is 14.2. The van der Waals surface area contributed by atoms with Crippen LogP contribution in [0.4, 0.5) is 13.2 Å². The number of alkyl halides is 3. The number of pyridine rings is 1. The molecular formula is C11H10F3NO2. The molecule has 0 saturated heterocycles. The lowest BCUT2D eigenvalue weighted by Crippen LogP contribution is -2.18. The van der Waals surface area contributed by atoms with E-state index in [1.165, 1.54) is 6.07 Å². The molecule has 92 valence electrons. The van der Waals surface area contributed by atoms with Gasteiger partial charge in [0.25, 0.3) is 0 Å². The van der Waals surface area contributed by atoms with Crippen LogP contribution in [0.25, 0.3) is 0 Å². The second-order valence-electron chi connectivity index (χ2n) is 4.31. The molecular weight excluding hydrogens is 235 g/mol. The normalized spacial score (nSPS) is 17.8. The van der Waals surface area contributed by atoms with Gasteiger partial charge in [-0.1, -0.05) is 6.07 Å². The van der Waals surface area contributed by atoms with E-state index in [1.807, 2.05) is 0 Å². The van der Waals surface area contributed by atoms with Crippen LogP contribution in [0.2, 0.25) is 0 Å². The summed E-state index contributed by atoms with van der Waals surface area (Å²) in [5.74, 6) is -0.891. The fraction of sp³-hybridized carbons (Fsp3) is 0.455. The summed E-state index contributed by atoms with van der Waals surface area (Å²) in [6.45, 7) is 0. The van der Waals surface area contributed by atoms with Crippen molar-refractivity contribution in [3.63, 3.8) is 0 Å². The maximum Gasteiger partial charge on any atom is 0.433 e. The molecule has 1 aliphatic carbocycles. The number of hydrogen-bond donors (Lipinski definition) is 1. The Balaban J connectivity index is 2.12. The number of nitrogens with zero attached hydrogens (tertiary/aromatic N) is 1. The number of carbonyl (C=O) groups is 1. The van der Waals surface area contributed by atoms with E-state index in [0.717, 1.165) is 12.3 Å². The molecule has 1 aliphatic rings. The molecule has 1 aromatic rings. The zero-order valence-corrected chi connectivity index (χ0v) is 8.79. The van der Waals surface area contributed by atoms with E-state index < -0.39 is 23.3 Å². The van der Waals surface area contributed by atoms with E-state index in [2.05, 4.69) is 4.98 Å². The lowest BCUT2D eigenvalue weighted by Gasteiger charge is -2.10. The van der Waals surface area contributed by atoms with Crippen molar-refractivity contribution >= 4 is 5.97 Å². The first kappa shape index (κ1) is 11.9. The van der Waals surface area contributed by atoms with Crippen molar-refractivity contribution in [2.45, 2.75) is 25.4 Å². The third-order valence-corrected chi connectivity index (χ3v) is 2.96. The van der Waals surface area contributed by atoms with Gasteiger partial charge in [0.2, 0.25) is 0 Å². The zero-order chi connectivity index (χ0) is 12.7. The minimum Gasteiger partial charge on any atom is -0.481 e. The highest BCUT2D eigenvalue weighted by Crippen LogP contribution is 2.48. The van der Waals surface area contributed by atoms with Gasteiger partial charge in [-0.25, -0.2) is 0 Å². The summed E-state index contributed by atoms with van der Waals surface area (Å²) in [6.07, 6.45) is -1.96. The van der Waals surface area contributed by atoms with Crippen molar-refractivity contribution in [3.05, 3.63) is 29.6 Å². The second kappa shape index (κ2) is 3.72. The molecule has 0 atom stereocenters. The summed E-state index contributed by atoms with van der Waals surface area (Å²) in [5, 5.41) is 8.95. The molecule has 2 rings (SSSR count). The zero-order valence-electron chi connectivity index (χ0n) is 8.79. The summed E-state index contributed by atoms with van der Waals surface area (Å²) in [7, 11) is 0. The molecule has 1 fully saturated rings. The van der Waals surface area contributed by atoms with Gasteiger partial charge in [-0.2, -0.15) is 13.2 Å². The number of halogens is 3. The van der Waals surface area contributed by atoms with Gasteiger partial charge in [0, 0.05) is 6.20 Å². The van der Waals surface area contributed by atoms with Crippen LogP contribution in [0, 0.1) is 5.41 Å². The van der Waals surface area contributed by atoms with Gasteiger partial charge < -0.3 is 5.11 Å². The van der Waals surface area contributed by atoms with Crippen molar-refractivity contribution in [1.29, 1.82) is 0 Å². The molecule has 6 heteroatoms. The standard InChI is InChI=1S/C11H10F3NO2/c12-11(13,14)8-2-1-7(6-15-8)5-10(3-4-10)9(16)17/h1-2,6H,3-5H2,(H,16,17). The molecule has 0 amide bonds. The molecule has 1 heterocycles. The van der Waals surface area contributed by atoms with E-state index in [-0.39, 0.29) is 6.42 Å². The molecule has 0 spiro atoms. The summed E-state index contributed by atoms with van der Waals surface area (Å²) < 4.78 is 36.7. The Labute approximate surface area is 95.3 Å². The fourth-order valence-corrected chi connectivity index (χ4v) is 1.70. The van der Waals surface area contributed by atoms with Gasteiger partial charge in [0.05, 0.1) is 5.41 Å². The van der Waals surface area contributed by atoms with E-state index >= 15 is 0 Å². The highest BCUT2D eigenvalue weighted by Gasteiger charge is 2.50. The smallest absolute Gasteiger partial charge is 0.433 e. The van der Waals surface area contributed by atoms with Crippen LogP contribution in [-0.4, -0.2) is 16.1 Å². The quantitative estimate of drug-likeness (QED) is 0.890. The fourth-order valence-electron chi connectivity index (χ4n) is 1.70. The van der Waals surface area contributed by atoms with Crippen molar-refractivity contribution in [1.82, 2.24) is 4.98 Å². The molecule has 1 N–H and O–H groups in total. The number of aliphatic carboxylic acids is 1. The van der Waals surface area contributed by atoms with Crippen LogP contribution in [0.3, 0.4) is 0 Å². The monoisotopic (exact) mass is 245 g/mol. The maximum absolute atomic E-state index is 12.2. The average molecular weight is 245 g/mol. The van der Waals surface area contributed by atoms with E-state index in [9.17, 15) is 18.0 Å².